The van der Waals surface area contributed by atoms with Gasteiger partial charge < -0.3 is 10.1 Å². The van der Waals surface area contributed by atoms with E-state index in [0.717, 1.165) is 22.4 Å². The van der Waals surface area contributed by atoms with Crippen LogP contribution in [0.25, 0.3) is 0 Å². The highest BCUT2D eigenvalue weighted by Gasteiger charge is 2.33. The number of carbonyl (C=O) groups is 1. The summed E-state index contributed by atoms with van der Waals surface area (Å²) in [5.74, 6) is 0.135. The number of methoxy groups -OCH3 is 1. The highest BCUT2D eigenvalue weighted by molar-refractivity contribution is 7.89. The summed E-state index contributed by atoms with van der Waals surface area (Å²) in [6.45, 7) is 6.38. The van der Waals surface area contributed by atoms with Crippen molar-refractivity contribution in [2.45, 2.75) is 38.5 Å². The van der Waals surface area contributed by atoms with Gasteiger partial charge in [-0.05, 0) is 74.6 Å². The van der Waals surface area contributed by atoms with E-state index in [2.05, 4.69) is 5.32 Å². The first-order chi connectivity index (χ1) is 13.7. The molecule has 1 atom stereocenters. The molecule has 0 saturated carbocycles. The lowest BCUT2D eigenvalue weighted by Gasteiger charge is -2.31. The van der Waals surface area contributed by atoms with Crippen LogP contribution in [-0.4, -0.2) is 38.8 Å². The van der Waals surface area contributed by atoms with Crippen molar-refractivity contribution in [3.8, 4) is 5.75 Å². The van der Waals surface area contributed by atoms with Crippen LogP contribution >= 0.6 is 0 Å². The Morgan fingerprint density at radius 3 is 2.59 bits per heavy atom. The second kappa shape index (κ2) is 8.55. The number of piperidine rings is 1. The van der Waals surface area contributed by atoms with Crippen LogP contribution in [0.4, 0.5) is 5.69 Å². The summed E-state index contributed by atoms with van der Waals surface area (Å²) >= 11 is 0. The molecule has 1 heterocycles. The number of ether oxygens (including phenoxy) is 1. The summed E-state index contributed by atoms with van der Waals surface area (Å²) in [5.41, 5.74) is 3.66. The summed E-state index contributed by atoms with van der Waals surface area (Å²) in [6, 6.07) is 10.6. The van der Waals surface area contributed by atoms with Gasteiger partial charge in [-0.25, -0.2) is 8.42 Å². The minimum atomic E-state index is -3.67. The highest BCUT2D eigenvalue weighted by atomic mass is 32.2. The van der Waals surface area contributed by atoms with Gasteiger partial charge in [0.1, 0.15) is 5.75 Å². The molecule has 29 heavy (non-hydrogen) atoms. The maximum atomic E-state index is 13.1. The van der Waals surface area contributed by atoms with Gasteiger partial charge in [0, 0.05) is 18.8 Å². The van der Waals surface area contributed by atoms with Crippen molar-refractivity contribution >= 4 is 21.6 Å². The SMILES string of the molecule is COc1ccc(S(=O)(=O)N2CCC[C@H](C(=O)Nc3cccc(C)c3C)C2)cc1C. The van der Waals surface area contributed by atoms with Gasteiger partial charge in [0.15, 0.2) is 0 Å². The molecule has 3 rings (SSSR count). The predicted octanol–water partition coefficient (Wildman–Crippen LogP) is 3.66. The Bertz CT molecular complexity index is 1020. The molecule has 156 valence electrons. The molecule has 0 radical (unpaired) electrons. The lowest BCUT2D eigenvalue weighted by molar-refractivity contribution is -0.120. The molecule has 2 aromatic carbocycles. The fourth-order valence-corrected chi connectivity index (χ4v) is 5.27. The number of nitrogens with zero attached hydrogens (tertiary/aromatic N) is 1. The van der Waals surface area contributed by atoms with Crippen molar-refractivity contribution in [1.82, 2.24) is 4.31 Å². The number of aryl methyl sites for hydroxylation is 2. The number of rotatable bonds is 5. The molecule has 1 amide bonds. The van der Waals surface area contributed by atoms with E-state index in [9.17, 15) is 13.2 Å². The zero-order valence-corrected chi connectivity index (χ0v) is 18.2. The van der Waals surface area contributed by atoms with Crippen LogP contribution in [-0.2, 0) is 14.8 Å². The van der Waals surface area contributed by atoms with E-state index in [1.165, 1.54) is 4.31 Å². The van der Waals surface area contributed by atoms with Crippen LogP contribution in [0, 0.1) is 26.7 Å². The van der Waals surface area contributed by atoms with E-state index < -0.39 is 10.0 Å². The third-order valence-electron chi connectivity index (χ3n) is 5.62. The van der Waals surface area contributed by atoms with Gasteiger partial charge in [-0.1, -0.05) is 12.1 Å². The predicted molar refractivity (Wildman–Crippen MR) is 114 cm³/mol. The normalized spacial score (nSPS) is 17.7. The van der Waals surface area contributed by atoms with E-state index in [1.807, 2.05) is 39.0 Å². The number of carbonyl (C=O) groups excluding carboxylic acids is 1. The maximum Gasteiger partial charge on any atom is 0.243 e. The first kappa shape index (κ1) is 21.3. The average molecular weight is 417 g/mol. The van der Waals surface area contributed by atoms with Crippen molar-refractivity contribution in [1.29, 1.82) is 0 Å². The number of benzene rings is 2. The topological polar surface area (TPSA) is 75.7 Å². The van der Waals surface area contributed by atoms with Crippen LogP contribution in [0.1, 0.15) is 29.5 Å². The molecule has 1 aliphatic heterocycles. The van der Waals surface area contributed by atoms with E-state index >= 15 is 0 Å². The number of amides is 1. The molecule has 6 nitrogen and oxygen atoms in total. The lowest BCUT2D eigenvalue weighted by atomic mass is 9.98. The van der Waals surface area contributed by atoms with Gasteiger partial charge >= 0.3 is 0 Å². The summed E-state index contributed by atoms with van der Waals surface area (Å²) < 4.78 is 32.9. The molecule has 7 heteroatoms. The third kappa shape index (κ3) is 4.46. The molecular weight excluding hydrogens is 388 g/mol. The molecule has 0 aliphatic carbocycles. The Morgan fingerprint density at radius 1 is 1.14 bits per heavy atom. The Labute approximate surface area is 172 Å². The average Bonchev–Trinajstić information content (AvgIpc) is 2.71. The van der Waals surface area contributed by atoms with Crippen LogP contribution in [0.5, 0.6) is 5.75 Å². The number of sulfonamides is 1. The number of hydrogen-bond acceptors (Lipinski definition) is 4. The van der Waals surface area contributed by atoms with Crippen LogP contribution < -0.4 is 10.1 Å². The molecular formula is C22H28N2O4S. The van der Waals surface area contributed by atoms with E-state index in [4.69, 9.17) is 4.74 Å². The molecule has 1 aliphatic rings. The lowest BCUT2D eigenvalue weighted by Crippen LogP contribution is -2.43. The van der Waals surface area contributed by atoms with Crippen molar-refractivity contribution in [3.05, 3.63) is 53.1 Å². The molecule has 0 bridgehead atoms. The summed E-state index contributed by atoms with van der Waals surface area (Å²) in [7, 11) is -2.11. The maximum absolute atomic E-state index is 13.1. The first-order valence-electron chi connectivity index (χ1n) is 9.76. The van der Waals surface area contributed by atoms with Gasteiger partial charge in [-0.2, -0.15) is 4.31 Å². The van der Waals surface area contributed by atoms with Crippen molar-refractivity contribution in [2.24, 2.45) is 5.92 Å². The number of nitrogens with one attached hydrogen (secondary N) is 1. The third-order valence-corrected chi connectivity index (χ3v) is 7.48. The van der Waals surface area contributed by atoms with Crippen molar-refractivity contribution < 1.29 is 17.9 Å². The van der Waals surface area contributed by atoms with Crippen LogP contribution in [0.15, 0.2) is 41.3 Å². The second-order valence-corrected chi connectivity index (χ2v) is 9.51. The minimum absolute atomic E-state index is 0.135. The smallest absolute Gasteiger partial charge is 0.243 e. The molecule has 0 spiro atoms. The molecule has 1 saturated heterocycles. The van der Waals surface area contributed by atoms with Crippen molar-refractivity contribution in [2.75, 3.05) is 25.5 Å². The van der Waals surface area contributed by atoms with E-state index in [-0.39, 0.29) is 23.3 Å². The van der Waals surface area contributed by atoms with E-state index in [0.29, 0.717) is 25.1 Å². The van der Waals surface area contributed by atoms with Gasteiger partial charge in [0.05, 0.1) is 17.9 Å². The molecule has 2 aromatic rings. The Balaban J connectivity index is 1.76. The zero-order valence-electron chi connectivity index (χ0n) is 17.4. The summed E-state index contributed by atoms with van der Waals surface area (Å²) in [6.07, 6.45) is 1.32. The largest absolute Gasteiger partial charge is 0.496 e. The van der Waals surface area contributed by atoms with Gasteiger partial charge in [0.2, 0.25) is 15.9 Å². The van der Waals surface area contributed by atoms with Crippen LogP contribution in [0.3, 0.4) is 0 Å². The quantitative estimate of drug-likeness (QED) is 0.807. The highest BCUT2D eigenvalue weighted by Crippen LogP contribution is 2.28. The molecule has 1 fully saturated rings. The van der Waals surface area contributed by atoms with Crippen LogP contribution in [0.2, 0.25) is 0 Å². The molecule has 1 N–H and O–H groups in total. The van der Waals surface area contributed by atoms with Gasteiger partial charge in [-0.15, -0.1) is 0 Å². The summed E-state index contributed by atoms with van der Waals surface area (Å²) in [4.78, 5) is 13.1. The molecule has 0 aromatic heterocycles. The van der Waals surface area contributed by atoms with Gasteiger partial charge in [-0.3, -0.25) is 4.79 Å². The Kier molecular flexibility index (Phi) is 6.29. The number of anilines is 1. The Hall–Kier alpha value is -2.38. The standard InChI is InChI=1S/C22H28N2O4S/c1-15-7-5-9-20(17(15)3)23-22(25)18-8-6-12-24(14-18)29(26,27)19-10-11-21(28-4)16(2)13-19/h5,7,9-11,13,18H,6,8,12,14H2,1-4H3,(H,23,25)/t18-/m0/s1. The number of hydrogen-bond donors (Lipinski definition) is 1. The van der Waals surface area contributed by atoms with E-state index in [1.54, 1.807) is 25.3 Å². The monoisotopic (exact) mass is 416 g/mol. The molecule has 0 unspecified atom stereocenters. The fourth-order valence-electron chi connectivity index (χ4n) is 3.66. The Morgan fingerprint density at radius 2 is 1.90 bits per heavy atom. The van der Waals surface area contributed by atoms with Gasteiger partial charge in [0.25, 0.3) is 0 Å². The minimum Gasteiger partial charge on any atom is -0.496 e. The van der Waals surface area contributed by atoms with Crippen molar-refractivity contribution in [3.63, 3.8) is 0 Å². The second-order valence-electron chi connectivity index (χ2n) is 7.57. The fraction of sp³-hybridized carbons (Fsp3) is 0.409. The first-order valence-corrected chi connectivity index (χ1v) is 11.2. The summed E-state index contributed by atoms with van der Waals surface area (Å²) in [5, 5.41) is 2.98. The zero-order chi connectivity index (χ0) is 21.2.